The Hall–Kier alpha value is -2.27. The number of rotatable bonds is 5. The van der Waals surface area contributed by atoms with Crippen LogP contribution in [-0.4, -0.2) is 63.6 Å². The number of hydrogen-bond acceptors (Lipinski definition) is 8. The average Bonchev–Trinajstić information content (AvgIpc) is 3.16. The molecule has 0 saturated carbocycles. The van der Waals surface area contributed by atoms with Gasteiger partial charge in [0.1, 0.15) is 30.2 Å². The van der Waals surface area contributed by atoms with E-state index in [1.165, 1.54) is 6.07 Å². The number of amides is 1. The first kappa shape index (κ1) is 19.5. The summed E-state index contributed by atoms with van der Waals surface area (Å²) < 4.78 is 10.8. The monoisotopic (exact) mass is 378 g/mol. The van der Waals surface area contributed by atoms with Crippen LogP contribution in [-0.2, 0) is 4.74 Å². The topological polar surface area (TPSA) is 144 Å². The second-order valence-corrected chi connectivity index (χ2v) is 6.38. The summed E-state index contributed by atoms with van der Waals surface area (Å²) in [5.41, 5.74) is 6.66. The highest BCUT2D eigenvalue weighted by Gasteiger charge is 2.43. The number of furan rings is 1. The molecule has 9 nitrogen and oxygen atoms in total. The minimum Gasteiger partial charge on any atom is -0.451 e. The van der Waals surface area contributed by atoms with Crippen molar-refractivity contribution in [2.45, 2.75) is 37.6 Å². The third kappa shape index (κ3) is 4.19. The van der Waals surface area contributed by atoms with E-state index in [-0.39, 0.29) is 5.76 Å². The van der Waals surface area contributed by atoms with Crippen molar-refractivity contribution in [3.63, 3.8) is 0 Å². The van der Waals surface area contributed by atoms with Crippen molar-refractivity contribution < 1.29 is 34.4 Å². The molecule has 1 amide bonds. The molecule has 1 aliphatic heterocycles. The summed E-state index contributed by atoms with van der Waals surface area (Å²) in [4.78, 5) is 12.2. The molecule has 5 atom stereocenters. The highest BCUT2D eigenvalue weighted by Crippen LogP contribution is 2.23. The van der Waals surface area contributed by atoms with Crippen LogP contribution in [0.3, 0.4) is 0 Å². The normalized spacial score (nSPS) is 28.1. The van der Waals surface area contributed by atoms with Gasteiger partial charge in [0.25, 0.3) is 0 Å². The molecule has 1 aliphatic rings. The maximum atomic E-state index is 12.2. The number of ether oxygens (including phenoxy) is 1. The van der Waals surface area contributed by atoms with Crippen LogP contribution in [0.2, 0.25) is 0 Å². The molecule has 0 bridgehead atoms. The van der Waals surface area contributed by atoms with Gasteiger partial charge >= 0.3 is 5.91 Å². The van der Waals surface area contributed by atoms with Gasteiger partial charge in [-0.2, -0.15) is 0 Å². The molecule has 1 aromatic carbocycles. The van der Waals surface area contributed by atoms with Crippen molar-refractivity contribution in [1.29, 1.82) is 0 Å². The van der Waals surface area contributed by atoms with Crippen molar-refractivity contribution in [2.24, 2.45) is 0 Å². The average molecular weight is 378 g/mol. The van der Waals surface area contributed by atoms with E-state index in [0.717, 1.165) is 11.1 Å². The number of aryl methyl sites for hydroxylation is 1. The Morgan fingerprint density at radius 1 is 1.04 bits per heavy atom. The molecule has 146 valence electrons. The van der Waals surface area contributed by atoms with Gasteiger partial charge in [0.05, 0.1) is 6.61 Å². The molecule has 6 N–H and O–H groups in total. The minimum atomic E-state index is -1.54. The van der Waals surface area contributed by atoms with Crippen molar-refractivity contribution >= 4 is 5.91 Å². The molecule has 0 unspecified atom stereocenters. The predicted octanol–water partition coefficient (Wildman–Crippen LogP) is -0.711. The maximum Gasteiger partial charge on any atom is 0.301 e. The largest absolute Gasteiger partial charge is 0.451 e. The number of nitrogens with one attached hydrogen (secondary N) is 2. The molecule has 1 fully saturated rings. The number of hydrogen-bond donors (Lipinski definition) is 6. The fourth-order valence-corrected chi connectivity index (χ4v) is 2.75. The summed E-state index contributed by atoms with van der Waals surface area (Å²) in [5.74, 6) is -0.0685. The van der Waals surface area contributed by atoms with Crippen LogP contribution < -0.4 is 10.9 Å². The fourth-order valence-electron chi connectivity index (χ4n) is 2.75. The zero-order chi connectivity index (χ0) is 19.6. The lowest BCUT2D eigenvalue weighted by Gasteiger charge is -2.40. The van der Waals surface area contributed by atoms with E-state index in [0.29, 0.717) is 5.76 Å². The zero-order valence-electron chi connectivity index (χ0n) is 14.6. The van der Waals surface area contributed by atoms with E-state index in [2.05, 4.69) is 10.9 Å². The first-order valence-corrected chi connectivity index (χ1v) is 8.44. The summed E-state index contributed by atoms with van der Waals surface area (Å²) in [6, 6.07) is 10.8. The van der Waals surface area contributed by atoms with Crippen molar-refractivity contribution in [2.75, 3.05) is 6.61 Å². The Morgan fingerprint density at radius 3 is 2.41 bits per heavy atom. The molecule has 27 heavy (non-hydrogen) atoms. The van der Waals surface area contributed by atoms with E-state index in [4.69, 9.17) is 14.3 Å². The number of hydrazine groups is 1. The summed E-state index contributed by atoms with van der Waals surface area (Å²) >= 11 is 0. The van der Waals surface area contributed by atoms with Crippen LogP contribution in [0.25, 0.3) is 11.3 Å². The summed E-state index contributed by atoms with van der Waals surface area (Å²) in [5, 5.41) is 38.6. The van der Waals surface area contributed by atoms with Gasteiger partial charge in [0.2, 0.25) is 0 Å². The van der Waals surface area contributed by atoms with E-state index in [1.54, 1.807) is 6.07 Å². The number of aliphatic hydroxyl groups excluding tert-OH is 4. The molecule has 1 saturated heterocycles. The highest BCUT2D eigenvalue weighted by atomic mass is 16.6. The lowest BCUT2D eigenvalue weighted by molar-refractivity contribution is -0.238. The quantitative estimate of drug-likeness (QED) is 0.374. The minimum absolute atomic E-state index is 0.0302. The zero-order valence-corrected chi connectivity index (χ0v) is 14.6. The number of benzene rings is 1. The van der Waals surface area contributed by atoms with Crippen molar-refractivity contribution in [1.82, 2.24) is 10.9 Å². The van der Waals surface area contributed by atoms with Crippen molar-refractivity contribution in [3.8, 4) is 11.3 Å². The van der Waals surface area contributed by atoms with Gasteiger partial charge in [-0.1, -0.05) is 29.8 Å². The maximum absolute atomic E-state index is 12.2. The van der Waals surface area contributed by atoms with Gasteiger partial charge in [0.15, 0.2) is 12.0 Å². The molecule has 0 radical (unpaired) electrons. The Balaban J connectivity index is 1.62. The summed E-state index contributed by atoms with van der Waals surface area (Å²) in [6.07, 6.45) is -6.82. The molecule has 3 rings (SSSR count). The second kappa shape index (κ2) is 8.17. The van der Waals surface area contributed by atoms with Gasteiger partial charge in [-0.25, -0.2) is 5.43 Å². The standard InChI is InChI=1S/C18H22N2O7/c1-9-2-4-10(5-3-9)11-6-7-12(26-11)17(25)19-20-18-16(24)15(23)14(22)13(8-21)27-18/h2-7,13-16,18,20-24H,8H2,1H3,(H,19,25)/t13-,14-,15+,16-,18-/m1/s1. The Kier molecular flexibility index (Phi) is 5.90. The molecule has 1 aromatic heterocycles. The lowest BCUT2D eigenvalue weighted by atomic mass is 9.99. The predicted molar refractivity (Wildman–Crippen MR) is 93.3 cm³/mol. The summed E-state index contributed by atoms with van der Waals surface area (Å²) in [7, 11) is 0. The molecular weight excluding hydrogens is 356 g/mol. The Bertz CT molecular complexity index is 774. The third-order valence-electron chi connectivity index (χ3n) is 4.39. The Morgan fingerprint density at radius 2 is 1.74 bits per heavy atom. The number of carbonyl (C=O) groups is 1. The molecule has 2 heterocycles. The van der Waals surface area contributed by atoms with Gasteiger partial charge in [-0.3, -0.25) is 10.2 Å². The number of aliphatic hydroxyl groups is 4. The molecule has 0 spiro atoms. The van der Waals surface area contributed by atoms with Gasteiger partial charge in [-0.05, 0) is 19.1 Å². The van der Waals surface area contributed by atoms with Gasteiger partial charge < -0.3 is 29.6 Å². The number of carbonyl (C=O) groups excluding carboxylic acids is 1. The second-order valence-electron chi connectivity index (χ2n) is 6.38. The van der Waals surface area contributed by atoms with Crippen LogP contribution in [0, 0.1) is 6.92 Å². The van der Waals surface area contributed by atoms with Crippen molar-refractivity contribution in [3.05, 3.63) is 47.7 Å². The van der Waals surface area contributed by atoms with Crippen LogP contribution in [0.5, 0.6) is 0 Å². The Labute approximate surface area is 155 Å². The first-order chi connectivity index (χ1) is 12.9. The molecule has 9 heteroatoms. The van der Waals surface area contributed by atoms with E-state index >= 15 is 0 Å². The smallest absolute Gasteiger partial charge is 0.301 e. The lowest BCUT2D eigenvalue weighted by Crippen LogP contribution is -2.64. The molecule has 2 aromatic rings. The van der Waals surface area contributed by atoms with E-state index < -0.39 is 43.2 Å². The van der Waals surface area contributed by atoms with E-state index in [9.17, 15) is 20.1 Å². The van der Waals surface area contributed by atoms with Crippen LogP contribution in [0.1, 0.15) is 16.1 Å². The van der Waals surface area contributed by atoms with Crippen LogP contribution in [0.15, 0.2) is 40.8 Å². The van der Waals surface area contributed by atoms with E-state index in [1.807, 2.05) is 31.2 Å². The third-order valence-corrected chi connectivity index (χ3v) is 4.39. The summed E-state index contributed by atoms with van der Waals surface area (Å²) in [6.45, 7) is 1.41. The fraction of sp³-hybridized carbons (Fsp3) is 0.389. The SMILES string of the molecule is Cc1ccc(-c2ccc(C(=O)NN[C@@H]3O[C@H](CO)[C@@H](O)[C@H](O)[C@H]3O)o2)cc1. The molecule has 0 aliphatic carbocycles. The van der Waals surface area contributed by atoms with Crippen LogP contribution in [0.4, 0.5) is 0 Å². The van der Waals surface area contributed by atoms with Gasteiger partial charge in [0, 0.05) is 5.56 Å². The first-order valence-electron chi connectivity index (χ1n) is 8.44. The van der Waals surface area contributed by atoms with Crippen LogP contribution >= 0.6 is 0 Å². The molecular formula is C18H22N2O7. The van der Waals surface area contributed by atoms with Gasteiger partial charge in [-0.15, -0.1) is 0 Å². The highest BCUT2D eigenvalue weighted by molar-refractivity contribution is 5.91.